The van der Waals surface area contributed by atoms with Gasteiger partial charge in [-0.3, -0.25) is 0 Å². The van der Waals surface area contributed by atoms with E-state index in [-0.39, 0.29) is 0 Å². The zero-order valence-corrected chi connectivity index (χ0v) is 11.8. The van der Waals surface area contributed by atoms with Crippen molar-refractivity contribution in [2.75, 3.05) is 26.7 Å². The Labute approximate surface area is 109 Å². The lowest BCUT2D eigenvalue weighted by Gasteiger charge is -2.27. The van der Waals surface area contributed by atoms with Gasteiger partial charge in [-0.1, -0.05) is 0 Å². The molecule has 1 unspecified atom stereocenters. The van der Waals surface area contributed by atoms with Crippen LogP contribution in [0.25, 0.3) is 0 Å². The molecule has 2 rings (SSSR count). The van der Waals surface area contributed by atoms with Crippen molar-refractivity contribution in [2.45, 2.75) is 17.7 Å². The number of nitrogens with one attached hydrogen (secondary N) is 1. The maximum absolute atomic E-state index is 12.3. The van der Waals surface area contributed by atoms with E-state index in [1.54, 1.807) is 30.1 Å². The van der Waals surface area contributed by atoms with Crippen LogP contribution in [0.3, 0.4) is 0 Å². The Balaban J connectivity index is 2.05. The minimum Gasteiger partial charge on any atom is -0.356 e. The Hall–Kier alpha value is -0.850. The highest BCUT2D eigenvalue weighted by atomic mass is 32.2. The third-order valence-corrected chi connectivity index (χ3v) is 5.23. The predicted molar refractivity (Wildman–Crippen MR) is 70.8 cm³/mol. The monoisotopic (exact) mass is 271 g/mol. The molecule has 1 saturated heterocycles. The molecule has 6 heteroatoms. The van der Waals surface area contributed by atoms with Crippen LogP contribution in [0.4, 0.5) is 0 Å². The van der Waals surface area contributed by atoms with E-state index in [4.69, 9.17) is 0 Å². The van der Waals surface area contributed by atoms with Crippen LogP contribution in [0.15, 0.2) is 23.4 Å². The minimum atomic E-state index is -3.33. The second-order valence-electron chi connectivity index (χ2n) is 5.01. The van der Waals surface area contributed by atoms with Crippen LogP contribution in [0, 0.1) is 5.92 Å². The first-order chi connectivity index (χ1) is 8.50. The normalized spacial score (nSPS) is 21.4. The molecule has 0 aliphatic carbocycles. The molecular formula is C12H21N3O2S. The standard InChI is InChI=1S/C12H21N3O2S/c1-14-7-5-12(10-14)18(16,17)15(2)9-11-4-3-6-13-8-11/h5,7,10-11,13H,3-4,6,8-9H2,1-2H3. The number of aromatic nitrogens is 1. The lowest BCUT2D eigenvalue weighted by molar-refractivity contribution is 0.315. The average molecular weight is 271 g/mol. The van der Waals surface area contributed by atoms with Gasteiger partial charge in [0, 0.05) is 33.0 Å². The van der Waals surface area contributed by atoms with E-state index in [0.717, 1.165) is 25.9 Å². The van der Waals surface area contributed by atoms with Crippen molar-refractivity contribution in [1.82, 2.24) is 14.2 Å². The van der Waals surface area contributed by atoms with E-state index >= 15 is 0 Å². The SMILES string of the molecule is CN(CC1CCCNC1)S(=O)(=O)c1ccn(C)c1. The summed E-state index contributed by atoms with van der Waals surface area (Å²) in [6.07, 6.45) is 5.62. The van der Waals surface area contributed by atoms with Gasteiger partial charge in [0.15, 0.2) is 0 Å². The molecule has 0 bridgehead atoms. The quantitative estimate of drug-likeness (QED) is 0.874. The Morgan fingerprint density at radius 3 is 2.89 bits per heavy atom. The van der Waals surface area contributed by atoms with E-state index in [0.29, 0.717) is 17.4 Å². The maximum atomic E-state index is 12.3. The lowest BCUT2D eigenvalue weighted by Crippen LogP contribution is -2.39. The van der Waals surface area contributed by atoms with E-state index < -0.39 is 10.0 Å². The van der Waals surface area contributed by atoms with E-state index in [1.165, 1.54) is 4.31 Å². The summed E-state index contributed by atoms with van der Waals surface area (Å²) >= 11 is 0. The molecule has 2 heterocycles. The van der Waals surface area contributed by atoms with Crippen molar-refractivity contribution in [1.29, 1.82) is 0 Å². The first-order valence-electron chi connectivity index (χ1n) is 6.29. The van der Waals surface area contributed by atoms with Gasteiger partial charge in [0.2, 0.25) is 10.0 Å². The molecule has 1 aliphatic heterocycles. The van der Waals surface area contributed by atoms with E-state index in [1.807, 2.05) is 7.05 Å². The Kier molecular flexibility index (Phi) is 4.09. The molecular weight excluding hydrogens is 250 g/mol. The molecule has 0 saturated carbocycles. The number of piperidine rings is 1. The summed E-state index contributed by atoms with van der Waals surface area (Å²) in [6.45, 7) is 2.55. The largest absolute Gasteiger partial charge is 0.356 e. The molecule has 1 aromatic rings. The molecule has 0 radical (unpaired) electrons. The number of hydrogen-bond donors (Lipinski definition) is 1. The van der Waals surface area contributed by atoms with Gasteiger partial charge < -0.3 is 9.88 Å². The molecule has 1 fully saturated rings. The van der Waals surface area contributed by atoms with Crippen LogP contribution in [0.1, 0.15) is 12.8 Å². The van der Waals surface area contributed by atoms with Gasteiger partial charge in [-0.15, -0.1) is 0 Å². The number of rotatable bonds is 4. The zero-order valence-electron chi connectivity index (χ0n) is 11.0. The fourth-order valence-corrected chi connectivity index (χ4v) is 3.65. The van der Waals surface area contributed by atoms with Gasteiger partial charge >= 0.3 is 0 Å². The lowest BCUT2D eigenvalue weighted by atomic mass is 10.00. The van der Waals surface area contributed by atoms with Gasteiger partial charge in [0.25, 0.3) is 0 Å². The number of nitrogens with zero attached hydrogens (tertiary/aromatic N) is 2. The highest BCUT2D eigenvalue weighted by molar-refractivity contribution is 7.89. The van der Waals surface area contributed by atoms with Gasteiger partial charge in [-0.05, 0) is 37.9 Å². The highest BCUT2D eigenvalue weighted by Gasteiger charge is 2.25. The number of aryl methyl sites for hydroxylation is 1. The molecule has 1 aromatic heterocycles. The Bertz CT molecular complexity index is 489. The van der Waals surface area contributed by atoms with Crippen LogP contribution < -0.4 is 5.32 Å². The third kappa shape index (κ3) is 2.93. The van der Waals surface area contributed by atoms with Crippen molar-refractivity contribution in [2.24, 2.45) is 13.0 Å². The molecule has 1 atom stereocenters. The average Bonchev–Trinajstić information content (AvgIpc) is 2.78. The molecule has 0 aromatic carbocycles. The topological polar surface area (TPSA) is 54.3 Å². The highest BCUT2D eigenvalue weighted by Crippen LogP contribution is 2.18. The molecule has 1 N–H and O–H groups in total. The van der Waals surface area contributed by atoms with Crippen LogP contribution in [-0.4, -0.2) is 44.0 Å². The van der Waals surface area contributed by atoms with Crippen molar-refractivity contribution in [3.8, 4) is 0 Å². The van der Waals surface area contributed by atoms with Crippen LogP contribution in [-0.2, 0) is 17.1 Å². The number of hydrogen-bond acceptors (Lipinski definition) is 3. The van der Waals surface area contributed by atoms with Crippen molar-refractivity contribution in [3.05, 3.63) is 18.5 Å². The fraction of sp³-hybridized carbons (Fsp3) is 0.667. The van der Waals surface area contributed by atoms with Crippen molar-refractivity contribution < 1.29 is 8.42 Å². The van der Waals surface area contributed by atoms with Gasteiger partial charge in [-0.2, -0.15) is 0 Å². The molecule has 0 amide bonds. The zero-order chi connectivity index (χ0) is 13.2. The van der Waals surface area contributed by atoms with Gasteiger partial charge in [0.05, 0.1) is 4.90 Å². The summed E-state index contributed by atoms with van der Waals surface area (Å²) in [6, 6.07) is 1.64. The van der Waals surface area contributed by atoms with Crippen molar-refractivity contribution >= 4 is 10.0 Å². The molecule has 0 spiro atoms. The summed E-state index contributed by atoms with van der Waals surface area (Å²) in [5.74, 6) is 0.419. The summed E-state index contributed by atoms with van der Waals surface area (Å²) in [7, 11) is 0.154. The first-order valence-corrected chi connectivity index (χ1v) is 7.73. The molecule has 1 aliphatic rings. The van der Waals surface area contributed by atoms with Gasteiger partial charge in [-0.25, -0.2) is 12.7 Å². The summed E-state index contributed by atoms with van der Waals surface area (Å²) in [5.41, 5.74) is 0. The molecule has 18 heavy (non-hydrogen) atoms. The Morgan fingerprint density at radius 1 is 1.56 bits per heavy atom. The maximum Gasteiger partial charge on any atom is 0.244 e. The van der Waals surface area contributed by atoms with Crippen molar-refractivity contribution in [3.63, 3.8) is 0 Å². The molecule has 102 valence electrons. The fourth-order valence-electron chi connectivity index (χ4n) is 2.35. The third-order valence-electron chi connectivity index (χ3n) is 3.43. The Morgan fingerprint density at radius 2 is 2.33 bits per heavy atom. The van der Waals surface area contributed by atoms with Crippen LogP contribution in [0.5, 0.6) is 0 Å². The first kappa shape index (κ1) is 13.6. The van der Waals surface area contributed by atoms with Crippen LogP contribution in [0.2, 0.25) is 0 Å². The summed E-state index contributed by atoms with van der Waals surface area (Å²) < 4.78 is 27.8. The van der Waals surface area contributed by atoms with Gasteiger partial charge in [0.1, 0.15) is 0 Å². The van der Waals surface area contributed by atoms with Crippen LogP contribution >= 0.6 is 0 Å². The predicted octanol–water partition coefficient (Wildman–Crippen LogP) is 0.645. The smallest absolute Gasteiger partial charge is 0.244 e. The second-order valence-corrected chi connectivity index (χ2v) is 7.06. The minimum absolute atomic E-state index is 0.372. The number of sulfonamides is 1. The molecule has 5 nitrogen and oxygen atoms in total. The summed E-state index contributed by atoms with van der Waals surface area (Å²) in [4.78, 5) is 0.372. The van der Waals surface area contributed by atoms with E-state index in [2.05, 4.69) is 5.32 Å². The summed E-state index contributed by atoms with van der Waals surface area (Å²) in [5, 5.41) is 3.31. The van der Waals surface area contributed by atoms with E-state index in [9.17, 15) is 8.42 Å². The second kappa shape index (κ2) is 5.42.